The van der Waals surface area contributed by atoms with Crippen molar-refractivity contribution < 1.29 is 53.9 Å². The number of aryl methyl sites for hydroxylation is 1. The summed E-state index contributed by atoms with van der Waals surface area (Å²) in [6.07, 6.45) is 32.7. The molecule has 0 aliphatic heterocycles. The Hall–Kier alpha value is -9.33. The lowest BCUT2D eigenvalue weighted by molar-refractivity contribution is -0.131. The van der Waals surface area contributed by atoms with Gasteiger partial charge in [-0.05, 0) is 134 Å². The standard InChI is InChI=1S/C38H63ClN6O4S.C30H47ClN6O4S.C23H41ClN4O2S.C19H22ClN5O2/c1-10-12-14-15-16-17-18-19-20-21-22-30(49-29-25-23-28(24-26-29)44-50(47,48)27-13-11-2)34(46)40-38(8,9)37(6,7)35-42-41-33-31(39)32(36(3,4)5)43-45(33)35;1-9-10-11-12-13-16-19-42(39,40)36-21-17-14-15-18-22(21)41-20-23(38)32-30(7,8)29(5,6)27-34-33-26-24(31)25(28(2,3)4)35-37(26)27;1-5-6-7-8-9-10-11-12-13-14-17-31(29,30)18-15-16-19-25-26-22-20(24)21(23(2,3)4)27-28(19)22;1-11(26)5-10-14(27)21-13-8-6-12(7-9-13)17-22-18-15(20)16(19(2,3)4)23-25(18)24-17/h23-26,30,43-44H,10-22,27H2,1-9H3,(H,40,46);14-15,17-18,35-36H,9-13,16,19-20H2,1-8H3,(H,32,38);27H,5-18H2,1-4H3;6-9,23H,5,10H2,1-4H3,(H,21,27). The molecule has 8 heterocycles. The van der Waals surface area contributed by atoms with Gasteiger partial charge in [0.2, 0.25) is 26.0 Å². The van der Waals surface area contributed by atoms with Crippen LogP contribution >= 0.6 is 46.4 Å². The van der Waals surface area contributed by atoms with E-state index in [1.807, 2.05) is 79.0 Å². The van der Waals surface area contributed by atoms with E-state index in [0.717, 1.165) is 105 Å². The first-order valence-electron chi connectivity index (χ1n) is 54.0. The van der Waals surface area contributed by atoms with Crippen LogP contribution in [0.25, 0.3) is 34.0 Å². The number of benzene rings is 3. The molecule has 11 aromatic rings. The second-order valence-electron chi connectivity index (χ2n) is 46.2. The van der Waals surface area contributed by atoms with Crippen molar-refractivity contribution in [3.05, 3.63) is 133 Å². The van der Waals surface area contributed by atoms with Crippen molar-refractivity contribution in [1.82, 2.24) is 89.9 Å². The number of ether oxygens (including phenoxy) is 2. The predicted octanol–water partition coefficient (Wildman–Crippen LogP) is 26.1. The molecule has 11 rings (SSSR count). The maximum absolute atomic E-state index is 14.1. The lowest BCUT2D eigenvalue weighted by Crippen LogP contribution is -2.59. The molecule has 8 aromatic heterocycles. The van der Waals surface area contributed by atoms with Gasteiger partial charge in [0.15, 0.2) is 58.6 Å². The summed E-state index contributed by atoms with van der Waals surface area (Å²) in [5.74, 6) is 3.14. The second kappa shape index (κ2) is 56.2. The first-order chi connectivity index (χ1) is 70.2. The number of amides is 3. The van der Waals surface area contributed by atoms with Gasteiger partial charge in [0.1, 0.15) is 47.2 Å². The van der Waals surface area contributed by atoms with Gasteiger partial charge in [-0.2, -0.15) is 4.63 Å². The number of hydrogen-bond donors (Lipinski definition) is 9. The first-order valence-corrected chi connectivity index (χ1v) is 60.6. The maximum Gasteiger partial charge on any atom is 0.261 e. The van der Waals surface area contributed by atoms with Gasteiger partial charge >= 0.3 is 0 Å². The van der Waals surface area contributed by atoms with E-state index in [2.05, 4.69) is 190 Å². The van der Waals surface area contributed by atoms with Crippen molar-refractivity contribution in [3.63, 3.8) is 0 Å². The third-order valence-electron chi connectivity index (χ3n) is 27.7. The van der Waals surface area contributed by atoms with Crippen LogP contribution in [0.15, 0.2) is 72.8 Å². The summed E-state index contributed by atoms with van der Waals surface area (Å²) in [4.78, 5) is 54.4. The fourth-order valence-corrected chi connectivity index (χ4v) is 22.7. The summed E-state index contributed by atoms with van der Waals surface area (Å²) >= 11 is 26.2. The van der Waals surface area contributed by atoms with Gasteiger partial charge in [-0.1, -0.05) is 351 Å². The minimum Gasteiger partial charge on any atom is -0.482 e. The number of nitrogens with one attached hydrogen (secondary N) is 9. The molecule has 1 unspecified atom stereocenters. The first kappa shape index (κ1) is 126. The van der Waals surface area contributed by atoms with Crippen LogP contribution in [0.2, 0.25) is 20.1 Å². The minimum atomic E-state index is -3.55. The molecule has 0 saturated carbocycles. The molecule has 33 nitrogen and oxygen atoms in total. The number of fused-ring (bicyclic) bond motifs is 4. The Labute approximate surface area is 911 Å². The van der Waals surface area contributed by atoms with Crippen molar-refractivity contribution in [2.45, 2.75) is 435 Å². The molecule has 0 bridgehead atoms. The molecule has 0 spiro atoms. The molecule has 150 heavy (non-hydrogen) atoms. The Balaban J connectivity index is 0.000000250. The summed E-state index contributed by atoms with van der Waals surface area (Å²) in [7, 11) is -9.99. The molecule has 0 fully saturated rings. The van der Waals surface area contributed by atoms with Crippen molar-refractivity contribution in [2.24, 2.45) is 0 Å². The molecular weight excluding hydrogens is 2050 g/mol. The van der Waals surface area contributed by atoms with E-state index in [1.54, 1.807) is 74.3 Å². The fourth-order valence-electron chi connectivity index (χ4n) is 17.1. The van der Waals surface area contributed by atoms with Crippen LogP contribution in [0.5, 0.6) is 11.5 Å². The number of unbranched alkanes of at least 4 members (excludes halogenated alkanes) is 24. The van der Waals surface area contributed by atoms with Gasteiger partial charge in [0, 0.05) is 79.8 Å². The molecule has 0 aliphatic rings. The van der Waals surface area contributed by atoms with Gasteiger partial charge in [-0.25, -0.2) is 43.8 Å². The number of Topliss-reactive ketones (excluding diaryl/α,β-unsaturated/α-hetero) is 1. The van der Waals surface area contributed by atoms with Crippen LogP contribution in [-0.2, 0) is 88.0 Å². The Morgan fingerprint density at radius 2 is 0.807 bits per heavy atom. The number of rotatable bonds is 57. The van der Waals surface area contributed by atoms with E-state index in [1.165, 1.54) is 103 Å². The zero-order valence-corrected chi connectivity index (χ0v) is 99.4. The molecule has 3 aromatic carbocycles. The third kappa shape index (κ3) is 37.0. The van der Waals surface area contributed by atoms with Gasteiger partial charge in [0.05, 0.1) is 51.5 Å². The molecule has 1 atom stereocenters. The fraction of sp³-hybridized carbons (Fsp3) is 0.655. The normalized spacial score (nSPS) is 12.9. The Morgan fingerprint density at radius 1 is 0.407 bits per heavy atom. The van der Waals surface area contributed by atoms with Crippen LogP contribution in [-0.4, -0.2) is 175 Å². The van der Waals surface area contributed by atoms with E-state index < -0.39 is 57.9 Å². The summed E-state index contributed by atoms with van der Waals surface area (Å²) in [6.45, 7) is 50.4. The van der Waals surface area contributed by atoms with E-state index in [4.69, 9.17) is 55.9 Å². The second-order valence-corrected chi connectivity index (χ2v) is 53.7. The minimum absolute atomic E-state index is 0.00431. The SMILES string of the molecule is CC(=O)CCC(=O)Nc1ccc(-c2nc3c(Cl)c(C(C)(C)C)[nH]n3n2)cc1.CCCCCCCCCCCCC(Oc1ccc(NS(=O)(=O)CCCC)cc1)C(=O)NC(C)(C)C(C)(C)c1nnc2c(Cl)c(C(C)(C)C)[nH]n12.CCCCCCCCCCCCS(=O)(=O)CCCc1nnc2c(Cl)c(C(C)(C)C)[nH]n12.CCCCCCCCS(=O)(=O)Nc1ccccc1OCC(=O)NC(C)(C)C(C)(C)c1nnc2c(Cl)c(C(C)(C)C)[nH]n12. The van der Waals surface area contributed by atoms with Crippen molar-refractivity contribution in [3.8, 4) is 22.9 Å². The zero-order valence-electron chi connectivity index (χ0n) is 93.9. The van der Waals surface area contributed by atoms with Gasteiger partial charge in [-0.15, -0.1) is 35.7 Å². The van der Waals surface area contributed by atoms with Crippen LogP contribution in [0, 0.1) is 0 Å². The largest absolute Gasteiger partial charge is 0.482 e. The van der Waals surface area contributed by atoms with E-state index in [-0.39, 0.29) is 87.6 Å². The van der Waals surface area contributed by atoms with Crippen LogP contribution in [0.4, 0.5) is 17.1 Å². The van der Waals surface area contributed by atoms with Crippen LogP contribution in [0.3, 0.4) is 0 Å². The Morgan fingerprint density at radius 3 is 1.28 bits per heavy atom. The molecule has 0 saturated heterocycles. The molecule has 836 valence electrons. The number of sulfone groups is 1. The number of halogens is 4. The van der Waals surface area contributed by atoms with Crippen molar-refractivity contribution in [2.75, 3.05) is 44.4 Å². The lowest BCUT2D eigenvalue weighted by atomic mass is 9.73. The molecular formula is C110H173Cl4N21O12S3. The zero-order chi connectivity index (χ0) is 111. The number of anilines is 3. The van der Waals surface area contributed by atoms with Crippen LogP contribution < -0.4 is 34.9 Å². The highest BCUT2D eigenvalue weighted by Crippen LogP contribution is 2.42. The Bertz CT molecular complexity index is 6500. The predicted molar refractivity (Wildman–Crippen MR) is 610 cm³/mol. The highest BCUT2D eigenvalue weighted by molar-refractivity contribution is 7.93. The smallest absolute Gasteiger partial charge is 0.261 e. The number of para-hydroxylation sites is 2. The van der Waals surface area contributed by atoms with Gasteiger partial charge in [-0.3, -0.25) is 44.2 Å². The molecule has 0 radical (unpaired) electrons. The summed E-state index contributed by atoms with van der Waals surface area (Å²) in [6, 6.07) is 20.7. The summed E-state index contributed by atoms with van der Waals surface area (Å²) in [5.41, 5.74) is 4.39. The number of aromatic nitrogens is 16. The number of carbonyl (C=O) groups excluding carboxylic acids is 4. The van der Waals surface area contributed by atoms with Crippen molar-refractivity contribution >= 4 is 139 Å². The summed E-state index contributed by atoms with van der Waals surface area (Å²) in [5, 5.41) is 55.0. The highest BCUT2D eigenvalue weighted by Gasteiger charge is 2.47. The van der Waals surface area contributed by atoms with E-state index in [9.17, 15) is 44.4 Å². The maximum atomic E-state index is 14.1. The quantitative estimate of drug-likeness (QED) is 0.0160. The average molecular weight is 2220 g/mol. The molecule has 3 amide bonds. The Kier molecular flexibility index (Phi) is 47.1. The average Bonchev–Trinajstić information content (AvgIpc) is 1.59. The molecule has 40 heteroatoms. The van der Waals surface area contributed by atoms with Crippen LogP contribution in [0.1, 0.15) is 419 Å². The third-order valence-corrected chi connectivity index (χ3v) is 33.7. The molecule has 9 N–H and O–H groups in total. The monoisotopic (exact) mass is 2220 g/mol. The van der Waals surface area contributed by atoms with Gasteiger partial charge < -0.3 is 30.2 Å². The topological polar surface area (TPSA) is 433 Å². The highest BCUT2D eigenvalue weighted by atomic mass is 35.5. The number of sulfonamides is 2. The summed E-state index contributed by atoms with van der Waals surface area (Å²) < 4.78 is 99.3. The van der Waals surface area contributed by atoms with Gasteiger partial charge in [0.25, 0.3) is 11.8 Å². The van der Waals surface area contributed by atoms with E-state index >= 15 is 0 Å². The molecule has 0 aliphatic carbocycles. The number of H-pyrrole nitrogens is 4. The number of ketones is 1. The number of carbonyl (C=O) groups is 4. The van der Waals surface area contributed by atoms with E-state index in [0.29, 0.717) is 121 Å². The number of hydrogen-bond acceptors (Lipinski definition) is 20. The number of nitrogens with zero attached hydrogens (tertiary/aromatic N) is 12. The van der Waals surface area contributed by atoms with Crippen molar-refractivity contribution in [1.29, 1.82) is 0 Å². The lowest BCUT2D eigenvalue weighted by Gasteiger charge is -2.41. The number of aromatic amines is 4.